The molecule has 0 amide bonds. The average Bonchev–Trinajstić information content (AvgIpc) is 2.52. The third-order valence-electron chi connectivity index (χ3n) is 4.05. The van der Waals surface area contributed by atoms with Gasteiger partial charge in [-0.25, -0.2) is 0 Å². The second-order valence-electron chi connectivity index (χ2n) is 5.70. The van der Waals surface area contributed by atoms with Crippen molar-refractivity contribution in [1.29, 1.82) is 0 Å². The lowest BCUT2D eigenvalue weighted by molar-refractivity contribution is -0.143. The van der Waals surface area contributed by atoms with Crippen LogP contribution in [0, 0.1) is 5.92 Å². The van der Waals surface area contributed by atoms with Crippen LogP contribution in [0.5, 0.6) is 5.75 Å². The summed E-state index contributed by atoms with van der Waals surface area (Å²) < 4.78 is 5.57. The second-order valence-corrected chi connectivity index (χ2v) is 5.70. The highest BCUT2D eigenvalue weighted by Gasteiger charge is 2.23. The number of hydrogen-bond acceptors (Lipinski definition) is 3. The minimum absolute atomic E-state index is 0.142. The number of carboxylic acid groups (broad SMARTS) is 1. The van der Waals surface area contributed by atoms with Crippen LogP contribution in [-0.2, 0) is 11.2 Å². The number of piperidine rings is 1. The van der Waals surface area contributed by atoms with Gasteiger partial charge in [-0.05, 0) is 56.5 Å². The van der Waals surface area contributed by atoms with Crippen LogP contribution in [0.1, 0.15) is 31.7 Å². The number of carbonyl (C=O) groups is 1. The number of carboxylic acids is 1. The number of rotatable bonds is 7. The summed E-state index contributed by atoms with van der Waals surface area (Å²) in [7, 11) is 0. The highest BCUT2D eigenvalue weighted by atomic mass is 16.5. The fraction of sp³-hybridized carbons (Fsp3) is 0.588. The van der Waals surface area contributed by atoms with Crippen molar-refractivity contribution < 1.29 is 14.6 Å². The van der Waals surface area contributed by atoms with Gasteiger partial charge in [0.15, 0.2) is 0 Å². The van der Waals surface area contributed by atoms with Crippen LogP contribution < -0.4 is 4.74 Å². The van der Waals surface area contributed by atoms with Crippen LogP contribution in [0.25, 0.3) is 0 Å². The summed E-state index contributed by atoms with van der Waals surface area (Å²) in [6.45, 7) is 5.66. The molecule has 0 aromatic heterocycles. The summed E-state index contributed by atoms with van der Waals surface area (Å²) in [6.07, 6.45) is 3.58. The van der Waals surface area contributed by atoms with E-state index in [1.807, 2.05) is 12.1 Å². The normalized spacial score (nSPS) is 16.8. The van der Waals surface area contributed by atoms with Crippen LogP contribution in [0.15, 0.2) is 24.3 Å². The lowest BCUT2D eigenvalue weighted by Gasteiger charge is -2.29. The van der Waals surface area contributed by atoms with Crippen LogP contribution in [0.4, 0.5) is 0 Å². The van der Waals surface area contributed by atoms with Crippen molar-refractivity contribution in [2.75, 3.05) is 26.2 Å². The zero-order valence-corrected chi connectivity index (χ0v) is 12.8. The van der Waals surface area contributed by atoms with E-state index in [4.69, 9.17) is 9.84 Å². The molecule has 4 heteroatoms. The van der Waals surface area contributed by atoms with Gasteiger partial charge in [0.25, 0.3) is 0 Å². The predicted molar refractivity (Wildman–Crippen MR) is 82.7 cm³/mol. The lowest BCUT2D eigenvalue weighted by Crippen LogP contribution is -2.37. The van der Waals surface area contributed by atoms with E-state index in [1.165, 1.54) is 5.56 Å². The van der Waals surface area contributed by atoms with Gasteiger partial charge in [-0.2, -0.15) is 0 Å². The van der Waals surface area contributed by atoms with Crippen LogP contribution in [-0.4, -0.2) is 42.2 Å². The standard InChI is InChI=1S/C17H25NO3/c1-2-13-21-16-5-3-14(4-6-16)7-10-18-11-8-15(9-12-18)17(19)20/h3-6,15H,2,7-13H2,1H3,(H,19,20). The van der Waals surface area contributed by atoms with Crippen LogP contribution >= 0.6 is 0 Å². The number of aliphatic carboxylic acids is 1. The third-order valence-corrected chi connectivity index (χ3v) is 4.05. The Morgan fingerprint density at radius 2 is 1.95 bits per heavy atom. The molecule has 4 nitrogen and oxygen atoms in total. The molecular formula is C17H25NO3. The van der Waals surface area contributed by atoms with E-state index in [-0.39, 0.29) is 5.92 Å². The fourth-order valence-corrected chi connectivity index (χ4v) is 2.66. The molecule has 0 bridgehead atoms. The summed E-state index contributed by atoms with van der Waals surface area (Å²) in [5.41, 5.74) is 1.30. The second kappa shape index (κ2) is 8.03. The van der Waals surface area contributed by atoms with Crippen LogP contribution in [0.2, 0.25) is 0 Å². The third kappa shape index (κ3) is 5.05. The number of hydrogen-bond donors (Lipinski definition) is 1. The molecule has 0 atom stereocenters. The van der Waals surface area contributed by atoms with Gasteiger partial charge in [0.2, 0.25) is 0 Å². The molecule has 1 aromatic carbocycles. The highest BCUT2D eigenvalue weighted by Crippen LogP contribution is 2.18. The van der Waals surface area contributed by atoms with Gasteiger partial charge in [-0.15, -0.1) is 0 Å². The predicted octanol–water partition coefficient (Wildman–Crippen LogP) is 2.81. The first-order valence-corrected chi connectivity index (χ1v) is 7.86. The number of nitrogens with zero attached hydrogens (tertiary/aromatic N) is 1. The molecule has 1 heterocycles. The summed E-state index contributed by atoms with van der Waals surface area (Å²) in [5, 5.41) is 8.99. The Bertz CT molecular complexity index is 436. The number of benzene rings is 1. The Hall–Kier alpha value is -1.55. The van der Waals surface area contributed by atoms with Gasteiger partial charge < -0.3 is 14.7 Å². The molecule has 2 rings (SSSR count). The molecule has 0 aliphatic carbocycles. The Balaban J connectivity index is 1.72. The van der Waals surface area contributed by atoms with Crippen molar-refractivity contribution in [2.45, 2.75) is 32.6 Å². The molecule has 116 valence electrons. The molecule has 1 fully saturated rings. The zero-order valence-electron chi connectivity index (χ0n) is 12.8. The first-order valence-electron chi connectivity index (χ1n) is 7.86. The summed E-state index contributed by atoms with van der Waals surface area (Å²) in [5.74, 6) is 0.149. The molecule has 1 aliphatic rings. The Morgan fingerprint density at radius 1 is 1.29 bits per heavy atom. The van der Waals surface area contributed by atoms with Crippen molar-refractivity contribution in [1.82, 2.24) is 4.90 Å². The zero-order chi connectivity index (χ0) is 15.1. The van der Waals surface area contributed by atoms with E-state index in [1.54, 1.807) is 0 Å². The quantitative estimate of drug-likeness (QED) is 0.839. The molecule has 0 unspecified atom stereocenters. The Morgan fingerprint density at radius 3 is 2.52 bits per heavy atom. The SMILES string of the molecule is CCCOc1ccc(CCN2CCC(C(=O)O)CC2)cc1. The molecule has 0 radical (unpaired) electrons. The van der Waals surface area contributed by atoms with E-state index >= 15 is 0 Å². The topological polar surface area (TPSA) is 49.8 Å². The molecule has 21 heavy (non-hydrogen) atoms. The van der Waals surface area contributed by atoms with E-state index in [0.717, 1.165) is 57.7 Å². The maximum atomic E-state index is 10.9. The van der Waals surface area contributed by atoms with E-state index in [9.17, 15) is 4.79 Å². The maximum absolute atomic E-state index is 10.9. The van der Waals surface area contributed by atoms with E-state index in [2.05, 4.69) is 24.0 Å². The number of likely N-dealkylation sites (tertiary alicyclic amines) is 1. The minimum Gasteiger partial charge on any atom is -0.494 e. The molecule has 0 spiro atoms. The lowest BCUT2D eigenvalue weighted by atomic mass is 9.97. The number of ether oxygens (including phenoxy) is 1. The first kappa shape index (κ1) is 15.8. The van der Waals surface area contributed by atoms with Gasteiger partial charge in [0, 0.05) is 6.54 Å². The van der Waals surface area contributed by atoms with Gasteiger partial charge in [-0.1, -0.05) is 19.1 Å². The minimum atomic E-state index is -0.641. The Kier molecular flexibility index (Phi) is 6.05. The summed E-state index contributed by atoms with van der Waals surface area (Å²) in [6, 6.07) is 8.30. The van der Waals surface area contributed by atoms with Crippen molar-refractivity contribution in [3.8, 4) is 5.75 Å². The van der Waals surface area contributed by atoms with Gasteiger partial charge >= 0.3 is 5.97 Å². The first-order chi connectivity index (χ1) is 10.2. The Labute approximate surface area is 126 Å². The summed E-state index contributed by atoms with van der Waals surface area (Å²) >= 11 is 0. The van der Waals surface area contributed by atoms with Crippen molar-refractivity contribution in [2.24, 2.45) is 5.92 Å². The monoisotopic (exact) mass is 291 g/mol. The van der Waals surface area contributed by atoms with Crippen molar-refractivity contribution >= 4 is 5.97 Å². The molecule has 1 aliphatic heterocycles. The molecule has 1 aromatic rings. The molecule has 1 saturated heterocycles. The van der Waals surface area contributed by atoms with Crippen molar-refractivity contribution in [3.05, 3.63) is 29.8 Å². The molecule has 0 saturated carbocycles. The van der Waals surface area contributed by atoms with Gasteiger partial charge in [-0.3, -0.25) is 4.79 Å². The molecular weight excluding hydrogens is 266 g/mol. The van der Waals surface area contributed by atoms with E-state index in [0.29, 0.717) is 0 Å². The summed E-state index contributed by atoms with van der Waals surface area (Å²) in [4.78, 5) is 13.3. The van der Waals surface area contributed by atoms with Crippen LogP contribution in [0.3, 0.4) is 0 Å². The smallest absolute Gasteiger partial charge is 0.306 e. The van der Waals surface area contributed by atoms with Crippen molar-refractivity contribution in [3.63, 3.8) is 0 Å². The molecule has 1 N–H and O–H groups in total. The van der Waals surface area contributed by atoms with Gasteiger partial charge in [0.1, 0.15) is 5.75 Å². The largest absolute Gasteiger partial charge is 0.494 e. The highest BCUT2D eigenvalue weighted by molar-refractivity contribution is 5.70. The average molecular weight is 291 g/mol. The maximum Gasteiger partial charge on any atom is 0.306 e. The fourth-order valence-electron chi connectivity index (χ4n) is 2.66. The van der Waals surface area contributed by atoms with Gasteiger partial charge in [0.05, 0.1) is 12.5 Å². The van der Waals surface area contributed by atoms with E-state index < -0.39 is 5.97 Å².